The lowest BCUT2D eigenvalue weighted by atomic mass is 9.77. The molecule has 21 heavy (non-hydrogen) atoms. The van der Waals surface area contributed by atoms with Gasteiger partial charge in [0.2, 0.25) is 0 Å². The monoisotopic (exact) mass is 329 g/mol. The Kier molecular flexibility index (Phi) is 6.23. The SMILES string of the molecule is CCNC(C1CCOC2(CCSCC2)C1)C1CCCCS1. The normalized spacial score (nSPS) is 34.7. The molecule has 4 heteroatoms. The van der Waals surface area contributed by atoms with E-state index in [0.717, 1.165) is 30.4 Å². The molecule has 0 saturated carbocycles. The van der Waals surface area contributed by atoms with Crippen LogP contribution in [0.1, 0.15) is 51.9 Å². The lowest BCUT2D eigenvalue weighted by Gasteiger charge is -2.47. The zero-order valence-corrected chi connectivity index (χ0v) is 15.1. The maximum atomic E-state index is 6.30. The highest BCUT2D eigenvalue weighted by Gasteiger charge is 2.42. The second-order valence-electron chi connectivity index (χ2n) is 6.89. The van der Waals surface area contributed by atoms with Gasteiger partial charge in [-0.15, -0.1) is 0 Å². The van der Waals surface area contributed by atoms with Gasteiger partial charge in [0.25, 0.3) is 0 Å². The van der Waals surface area contributed by atoms with E-state index >= 15 is 0 Å². The molecular formula is C17H31NOS2. The van der Waals surface area contributed by atoms with E-state index in [2.05, 4.69) is 35.8 Å². The van der Waals surface area contributed by atoms with Crippen molar-refractivity contribution in [1.82, 2.24) is 5.32 Å². The zero-order valence-electron chi connectivity index (χ0n) is 13.4. The summed E-state index contributed by atoms with van der Waals surface area (Å²) in [6.07, 6.45) is 9.42. The highest BCUT2D eigenvalue weighted by Crippen LogP contribution is 2.43. The lowest BCUT2D eigenvalue weighted by molar-refractivity contribution is -0.107. The number of thioether (sulfide) groups is 2. The Balaban J connectivity index is 1.66. The average Bonchev–Trinajstić information content (AvgIpc) is 2.54. The van der Waals surface area contributed by atoms with Crippen LogP contribution in [0.25, 0.3) is 0 Å². The maximum Gasteiger partial charge on any atom is 0.0701 e. The van der Waals surface area contributed by atoms with Gasteiger partial charge >= 0.3 is 0 Å². The minimum absolute atomic E-state index is 0.237. The van der Waals surface area contributed by atoms with E-state index in [1.54, 1.807) is 0 Å². The van der Waals surface area contributed by atoms with Crippen LogP contribution in [-0.4, -0.2) is 47.3 Å². The quantitative estimate of drug-likeness (QED) is 0.843. The minimum Gasteiger partial charge on any atom is -0.375 e. The summed E-state index contributed by atoms with van der Waals surface area (Å²) in [7, 11) is 0. The first-order valence-electron chi connectivity index (χ1n) is 8.90. The highest BCUT2D eigenvalue weighted by atomic mass is 32.2. The van der Waals surface area contributed by atoms with Crippen molar-refractivity contribution in [1.29, 1.82) is 0 Å². The topological polar surface area (TPSA) is 21.3 Å². The number of rotatable bonds is 4. The molecule has 3 aliphatic rings. The van der Waals surface area contributed by atoms with Gasteiger partial charge in [-0.25, -0.2) is 0 Å². The van der Waals surface area contributed by atoms with Crippen molar-refractivity contribution >= 4 is 23.5 Å². The van der Waals surface area contributed by atoms with Crippen LogP contribution in [0.2, 0.25) is 0 Å². The van der Waals surface area contributed by atoms with Crippen molar-refractivity contribution in [3.05, 3.63) is 0 Å². The molecule has 0 aromatic carbocycles. The third kappa shape index (κ3) is 4.13. The van der Waals surface area contributed by atoms with E-state index in [4.69, 9.17) is 4.74 Å². The first-order valence-corrected chi connectivity index (χ1v) is 11.1. The fraction of sp³-hybridized carbons (Fsp3) is 1.00. The second-order valence-corrected chi connectivity index (χ2v) is 9.46. The Morgan fingerprint density at radius 3 is 2.76 bits per heavy atom. The van der Waals surface area contributed by atoms with Crippen molar-refractivity contribution in [3.8, 4) is 0 Å². The third-order valence-electron chi connectivity index (χ3n) is 5.50. The molecule has 0 radical (unpaired) electrons. The number of hydrogen-bond acceptors (Lipinski definition) is 4. The highest BCUT2D eigenvalue weighted by molar-refractivity contribution is 8.00. The maximum absolute atomic E-state index is 6.30. The molecule has 1 N–H and O–H groups in total. The van der Waals surface area contributed by atoms with Crippen molar-refractivity contribution < 1.29 is 4.74 Å². The molecule has 3 aliphatic heterocycles. The molecule has 0 bridgehead atoms. The number of hydrogen-bond donors (Lipinski definition) is 1. The van der Waals surface area contributed by atoms with Crippen molar-refractivity contribution in [2.45, 2.75) is 68.8 Å². The molecule has 0 amide bonds. The van der Waals surface area contributed by atoms with E-state index in [0.29, 0.717) is 0 Å². The van der Waals surface area contributed by atoms with Crippen LogP contribution in [0.15, 0.2) is 0 Å². The van der Waals surface area contributed by atoms with Crippen LogP contribution in [0.5, 0.6) is 0 Å². The van der Waals surface area contributed by atoms with Gasteiger partial charge in [0.15, 0.2) is 0 Å². The van der Waals surface area contributed by atoms with Crippen LogP contribution in [0.4, 0.5) is 0 Å². The number of nitrogens with one attached hydrogen (secondary N) is 1. The largest absolute Gasteiger partial charge is 0.375 e. The Hall–Kier alpha value is 0.620. The summed E-state index contributed by atoms with van der Waals surface area (Å²) >= 11 is 4.34. The van der Waals surface area contributed by atoms with E-state index in [9.17, 15) is 0 Å². The Bertz CT molecular complexity index is 308. The minimum atomic E-state index is 0.237. The molecule has 2 nitrogen and oxygen atoms in total. The number of ether oxygens (including phenoxy) is 1. The van der Waals surface area contributed by atoms with Crippen LogP contribution in [-0.2, 0) is 4.74 Å². The van der Waals surface area contributed by atoms with Gasteiger partial charge in [-0.2, -0.15) is 23.5 Å². The summed E-state index contributed by atoms with van der Waals surface area (Å²) in [4.78, 5) is 0. The molecule has 3 rings (SSSR count). The summed E-state index contributed by atoms with van der Waals surface area (Å²) in [6.45, 7) is 4.38. The van der Waals surface area contributed by atoms with Crippen LogP contribution >= 0.6 is 23.5 Å². The molecule has 3 fully saturated rings. The zero-order chi connectivity index (χ0) is 14.5. The summed E-state index contributed by atoms with van der Waals surface area (Å²) in [5.41, 5.74) is 0.237. The van der Waals surface area contributed by atoms with Gasteiger partial charge in [-0.05, 0) is 68.2 Å². The molecule has 0 aromatic heterocycles. The molecule has 3 heterocycles. The first-order chi connectivity index (χ1) is 10.3. The molecule has 0 aliphatic carbocycles. The molecule has 3 unspecified atom stereocenters. The first kappa shape index (κ1) is 16.5. The van der Waals surface area contributed by atoms with Crippen LogP contribution in [0.3, 0.4) is 0 Å². The van der Waals surface area contributed by atoms with Crippen molar-refractivity contribution in [3.63, 3.8) is 0 Å². The van der Waals surface area contributed by atoms with Gasteiger partial charge in [0, 0.05) is 17.9 Å². The fourth-order valence-electron chi connectivity index (χ4n) is 4.35. The van der Waals surface area contributed by atoms with Crippen molar-refractivity contribution in [2.75, 3.05) is 30.4 Å². The molecule has 1 spiro atoms. The summed E-state index contributed by atoms with van der Waals surface area (Å²) < 4.78 is 6.30. The van der Waals surface area contributed by atoms with E-state index in [1.807, 2.05) is 0 Å². The van der Waals surface area contributed by atoms with Crippen LogP contribution in [0, 0.1) is 5.92 Å². The molecular weight excluding hydrogens is 298 g/mol. The smallest absolute Gasteiger partial charge is 0.0701 e. The Morgan fingerprint density at radius 1 is 1.19 bits per heavy atom. The van der Waals surface area contributed by atoms with Gasteiger partial charge < -0.3 is 10.1 Å². The third-order valence-corrected chi connectivity index (χ3v) is 7.97. The molecule has 3 saturated heterocycles. The summed E-state index contributed by atoms with van der Waals surface area (Å²) in [5, 5.41) is 4.71. The van der Waals surface area contributed by atoms with Crippen molar-refractivity contribution in [2.24, 2.45) is 5.92 Å². The van der Waals surface area contributed by atoms with E-state index in [1.165, 1.54) is 62.2 Å². The van der Waals surface area contributed by atoms with Gasteiger partial charge in [0.1, 0.15) is 0 Å². The molecule has 0 aromatic rings. The lowest BCUT2D eigenvalue weighted by Crippen LogP contribution is -2.52. The Morgan fingerprint density at radius 2 is 2.05 bits per heavy atom. The van der Waals surface area contributed by atoms with E-state index in [-0.39, 0.29) is 5.60 Å². The second kappa shape index (κ2) is 7.94. The fourth-order valence-corrected chi connectivity index (χ4v) is 7.12. The van der Waals surface area contributed by atoms with E-state index < -0.39 is 0 Å². The van der Waals surface area contributed by atoms with Crippen LogP contribution < -0.4 is 5.32 Å². The summed E-state index contributed by atoms with van der Waals surface area (Å²) in [6, 6.07) is 0.718. The van der Waals surface area contributed by atoms with Gasteiger partial charge in [-0.3, -0.25) is 0 Å². The average molecular weight is 330 g/mol. The predicted octanol–water partition coefficient (Wildman–Crippen LogP) is 3.94. The van der Waals surface area contributed by atoms with Gasteiger partial charge in [-0.1, -0.05) is 13.3 Å². The Labute approximate surface area is 138 Å². The van der Waals surface area contributed by atoms with Gasteiger partial charge in [0.05, 0.1) is 5.60 Å². The molecule has 122 valence electrons. The standard InChI is InChI=1S/C17H31NOS2/c1-2-18-16(15-5-3-4-10-21-15)14-6-9-19-17(13-14)7-11-20-12-8-17/h14-16,18H,2-13H2,1H3. The predicted molar refractivity (Wildman–Crippen MR) is 95.5 cm³/mol. The summed E-state index contributed by atoms with van der Waals surface area (Å²) in [5.74, 6) is 4.81. The molecule has 3 atom stereocenters.